The van der Waals surface area contributed by atoms with Crippen molar-refractivity contribution in [3.8, 4) is 0 Å². The molecule has 2 fully saturated rings. The van der Waals surface area contributed by atoms with Gasteiger partial charge in [0, 0.05) is 30.1 Å². The van der Waals surface area contributed by atoms with Gasteiger partial charge in [0.05, 0.1) is 30.4 Å². The second-order valence-corrected chi connectivity index (χ2v) is 7.62. The van der Waals surface area contributed by atoms with Gasteiger partial charge in [0.2, 0.25) is 0 Å². The molecule has 130 valence electrons. The Morgan fingerprint density at radius 1 is 1.43 bits per heavy atom. The number of aryl methyl sites for hydroxylation is 1. The van der Waals surface area contributed by atoms with Crippen molar-refractivity contribution in [1.82, 2.24) is 9.88 Å². The summed E-state index contributed by atoms with van der Waals surface area (Å²) in [5.74, 6) is 0.595. The maximum absolute atomic E-state index is 10.1. The van der Waals surface area contributed by atoms with E-state index in [4.69, 9.17) is 9.47 Å². The molecule has 1 aromatic rings. The lowest BCUT2D eigenvalue weighted by molar-refractivity contribution is -0.0267. The van der Waals surface area contributed by atoms with Gasteiger partial charge in [-0.25, -0.2) is 4.98 Å². The van der Waals surface area contributed by atoms with E-state index in [0.29, 0.717) is 25.7 Å². The summed E-state index contributed by atoms with van der Waals surface area (Å²) in [6.07, 6.45) is 4.31. The van der Waals surface area contributed by atoms with E-state index < -0.39 is 6.10 Å². The number of β-amino-alcohol motifs (C(OH)–C–C–N with tert-alkyl or cyclic N) is 1. The zero-order valence-electron chi connectivity index (χ0n) is 13.9. The van der Waals surface area contributed by atoms with Crippen molar-refractivity contribution < 1.29 is 14.6 Å². The van der Waals surface area contributed by atoms with Crippen LogP contribution in [0.15, 0.2) is 5.38 Å². The van der Waals surface area contributed by atoms with Crippen molar-refractivity contribution in [2.75, 3.05) is 39.5 Å². The van der Waals surface area contributed by atoms with Crippen LogP contribution in [0.4, 0.5) is 0 Å². The largest absolute Gasteiger partial charge is 0.389 e. The quantitative estimate of drug-likeness (QED) is 0.824. The molecule has 2 atom stereocenters. The molecule has 3 heterocycles. The van der Waals surface area contributed by atoms with E-state index in [9.17, 15) is 5.11 Å². The zero-order chi connectivity index (χ0) is 16.1. The molecule has 0 amide bonds. The third kappa shape index (κ3) is 5.22. The van der Waals surface area contributed by atoms with Crippen LogP contribution in [0.5, 0.6) is 0 Å². The predicted octanol–water partition coefficient (Wildman–Crippen LogP) is 2.19. The fraction of sp³-hybridized carbons (Fsp3) is 0.824. The Labute approximate surface area is 142 Å². The molecule has 0 saturated carbocycles. The smallest absolute Gasteiger partial charge is 0.0960 e. The van der Waals surface area contributed by atoms with Crippen LogP contribution in [0, 0.1) is 6.92 Å². The molecule has 23 heavy (non-hydrogen) atoms. The number of aliphatic hydroxyl groups excluding tert-OH is 1. The first-order valence-electron chi connectivity index (χ1n) is 8.72. The van der Waals surface area contributed by atoms with Crippen LogP contribution in [-0.4, -0.2) is 66.7 Å². The van der Waals surface area contributed by atoms with E-state index in [0.717, 1.165) is 51.1 Å². The number of thiazole rings is 1. The lowest BCUT2D eigenvalue weighted by Crippen LogP contribution is -2.40. The van der Waals surface area contributed by atoms with Gasteiger partial charge in [0.1, 0.15) is 0 Å². The highest BCUT2D eigenvalue weighted by Crippen LogP contribution is 2.30. The van der Waals surface area contributed by atoms with Gasteiger partial charge in [-0.2, -0.15) is 0 Å². The highest BCUT2D eigenvalue weighted by molar-refractivity contribution is 7.09. The van der Waals surface area contributed by atoms with Crippen LogP contribution >= 0.6 is 11.3 Å². The number of hydrogen-bond donors (Lipinski definition) is 1. The normalized spacial score (nSPS) is 25.0. The second kappa shape index (κ2) is 8.53. The molecule has 6 heteroatoms. The number of hydrogen-bond acceptors (Lipinski definition) is 6. The van der Waals surface area contributed by atoms with Crippen molar-refractivity contribution in [2.24, 2.45) is 0 Å². The minimum atomic E-state index is -0.407. The Balaban J connectivity index is 1.31. The molecule has 0 radical (unpaired) electrons. The SMILES string of the molecule is Cc1csc(C2CCN(CC(O)COCC3CCCO3)CC2)n1. The number of aromatic nitrogens is 1. The minimum Gasteiger partial charge on any atom is -0.389 e. The monoisotopic (exact) mass is 340 g/mol. The summed E-state index contributed by atoms with van der Waals surface area (Å²) in [5.41, 5.74) is 1.13. The van der Waals surface area contributed by atoms with Gasteiger partial charge in [-0.15, -0.1) is 11.3 Å². The summed E-state index contributed by atoms with van der Waals surface area (Å²) in [6, 6.07) is 0. The first kappa shape index (κ1) is 17.3. The third-order valence-electron chi connectivity index (χ3n) is 4.68. The average molecular weight is 340 g/mol. The first-order valence-corrected chi connectivity index (χ1v) is 9.60. The molecule has 5 nitrogen and oxygen atoms in total. The van der Waals surface area contributed by atoms with Crippen molar-refractivity contribution in [3.05, 3.63) is 16.1 Å². The molecule has 1 N–H and O–H groups in total. The highest BCUT2D eigenvalue weighted by Gasteiger charge is 2.24. The van der Waals surface area contributed by atoms with E-state index >= 15 is 0 Å². The molecule has 2 saturated heterocycles. The topological polar surface area (TPSA) is 54.8 Å². The van der Waals surface area contributed by atoms with Gasteiger partial charge in [-0.05, 0) is 45.7 Å². The molecule has 2 aliphatic heterocycles. The van der Waals surface area contributed by atoms with Crippen LogP contribution in [0.3, 0.4) is 0 Å². The molecule has 2 unspecified atom stereocenters. The van der Waals surface area contributed by atoms with Crippen LogP contribution < -0.4 is 0 Å². The summed E-state index contributed by atoms with van der Waals surface area (Å²) in [6.45, 7) is 6.70. The fourth-order valence-electron chi connectivity index (χ4n) is 3.38. The lowest BCUT2D eigenvalue weighted by atomic mass is 9.97. The van der Waals surface area contributed by atoms with E-state index in [1.807, 2.05) is 0 Å². The third-order valence-corrected chi connectivity index (χ3v) is 5.81. The number of piperidine rings is 1. The van der Waals surface area contributed by atoms with Gasteiger partial charge in [0.15, 0.2) is 0 Å². The predicted molar refractivity (Wildman–Crippen MR) is 91.1 cm³/mol. The number of likely N-dealkylation sites (tertiary alicyclic amines) is 1. The first-order chi connectivity index (χ1) is 11.2. The molecule has 3 rings (SSSR count). The van der Waals surface area contributed by atoms with E-state index in [1.54, 1.807) is 11.3 Å². The summed E-state index contributed by atoms with van der Waals surface area (Å²) in [4.78, 5) is 6.96. The van der Waals surface area contributed by atoms with Crippen LogP contribution in [-0.2, 0) is 9.47 Å². The van der Waals surface area contributed by atoms with E-state index in [2.05, 4.69) is 22.2 Å². The summed E-state index contributed by atoms with van der Waals surface area (Å²) >= 11 is 1.78. The Hall–Kier alpha value is -0.530. The maximum atomic E-state index is 10.1. The number of aliphatic hydroxyl groups is 1. The number of rotatable bonds is 7. The number of nitrogens with zero attached hydrogens (tertiary/aromatic N) is 2. The molecule has 0 aliphatic carbocycles. The van der Waals surface area contributed by atoms with Gasteiger partial charge in [-0.1, -0.05) is 0 Å². The van der Waals surface area contributed by atoms with Gasteiger partial charge in [-0.3, -0.25) is 0 Å². The molecule has 2 aliphatic rings. The highest BCUT2D eigenvalue weighted by atomic mass is 32.1. The summed E-state index contributed by atoms with van der Waals surface area (Å²) in [5, 5.41) is 13.6. The summed E-state index contributed by atoms with van der Waals surface area (Å²) < 4.78 is 11.1. The zero-order valence-corrected chi connectivity index (χ0v) is 14.8. The van der Waals surface area contributed by atoms with Crippen molar-refractivity contribution in [1.29, 1.82) is 0 Å². The Kier molecular flexibility index (Phi) is 6.42. The Morgan fingerprint density at radius 2 is 2.26 bits per heavy atom. The van der Waals surface area contributed by atoms with E-state index in [1.165, 1.54) is 5.01 Å². The molecule has 0 aromatic carbocycles. The molecule has 0 spiro atoms. The maximum Gasteiger partial charge on any atom is 0.0960 e. The van der Waals surface area contributed by atoms with Gasteiger partial charge < -0.3 is 19.5 Å². The molecular weight excluding hydrogens is 312 g/mol. The minimum absolute atomic E-state index is 0.236. The second-order valence-electron chi connectivity index (χ2n) is 6.73. The van der Waals surface area contributed by atoms with E-state index in [-0.39, 0.29) is 6.10 Å². The van der Waals surface area contributed by atoms with Crippen molar-refractivity contribution in [2.45, 2.75) is 50.7 Å². The molecule has 0 bridgehead atoms. The van der Waals surface area contributed by atoms with Crippen LogP contribution in [0.2, 0.25) is 0 Å². The molecular formula is C17H28N2O3S. The standard InChI is InChI=1S/C17H28N2O3S/c1-13-12-23-17(18-13)14-4-6-19(7-5-14)9-15(20)10-21-11-16-3-2-8-22-16/h12,14-16,20H,2-11H2,1H3. The van der Waals surface area contributed by atoms with Crippen LogP contribution in [0.1, 0.15) is 42.3 Å². The Bertz CT molecular complexity index is 468. The fourth-order valence-corrected chi connectivity index (χ4v) is 4.35. The average Bonchev–Trinajstić information content (AvgIpc) is 3.20. The van der Waals surface area contributed by atoms with Gasteiger partial charge in [0.25, 0.3) is 0 Å². The number of ether oxygens (including phenoxy) is 2. The Morgan fingerprint density at radius 3 is 2.91 bits per heavy atom. The lowest BCUT2D eigenvalue weighted by Gasteiger charge is -2.32. The summed E-state index contributed by atoms with van der Waals surface area (Å²) in [7, 11) is 0. The van der Waals surface area contributed by atoms with Crippen LogP contribution in [0.25, 0.3) is 0 Å². The molecule has 1 aromatic heterocycles. The van der Waals surface area contributed by atoms with Crippen molar-refractivity contribution in [3.63, 3.8) is 0 Å². The van der Waals surface area contributed by atoms with Crippen molar-refractivity contribution >= 4 is 11.3 Å². The van der Waals surface area contributed by atoms with Gasteiger partial charge >= 0.3 is 0 Å².